The van der Waals surface area contributed by atoms with Gasteiger partial charge in [-0.05, 0) is 18.9 Å². The first-order chi connectivity index (χ1) is 9.78. The van der Waals surface area contributed by atoms with E-state index in [-0.39, 0.29) is 5.84 Å². The quantitative estimate of drug-likeness (QED) is 0.374. The number of benzene rings is 1. The Bertz CT molecular complexity index is 638. The maximum Gasteiger partial charge on any atom is 0.226 e. The minimum atomic E-state index is 0.233. The predicted octanol–water partition coefficient (Wildman–Crippen LogP) is 1.74. The Hall–Kier alpha value is -2.37. The van der Waals surface area contributed by atoms with Crippen LogP contribution in [-0.4, -0.2) is 33.6 Å². The standard InChI is InChI=1S/C14H17N5O/c15-13(18-20)7-8-19(11-5-6-11)14-16-9-10-3-1-2-4-12(10)17-14/h1-4,9,11,20H,5-8H2,(H2,15,18). The second-order valence-electron chi connectivity index (χ2n) is 4.99. The maximum atomic E-state index is 8.63. The average molecular weight is 271 g/mol. The van der Waals surface area contributed by atoms with Crippen molar-refractivity contribution in [2.24, 2.45) is 10.9 Å². The lowest BCUT2D eigenvalue weighted by Crippen LogP contribution is -2.31. The van der Waals surface area contributed by atoms with Crippen molar-refractivity contribution in [2.45, 2.75) is 25.3 Å². The molecule has 3 N–H and O–H groups in total. The van der Waals surface area contributed by atoms with Gasteiger partial charge in [-0.15, -0.1) is 0 Å². The van der Waals surface area contributed by atoms with Crippen LogP contribution in [0.25, 0.3) is 10.9 Å². The molecule has 0 bridgehead atoms. The van der Waals surface area contributed by atoms with Gasteiger partial charge in [0, 0.05) is 30.6 Å². The van der Waals surface area contributed by atoms with Gasteiger partial charge in [-0.1, -0.05) is 23.4 Å². The van der Waals surface area contributed by atoms with Crippen molar-refractivity contribution in [1.29, 1.82) is 0 Å². The van der Waals surface area contributed by atoms with E-state index in [1.165, 1.54) is 0 Å². The van der Waals surface area contributed by atoms with Gasteiger partial charge in [-0.3, -0.25) is 0 Å². The minimum absolute atomic E-state index is 0.233. The summed E-state index contributed by atoms with van der Waals surface area (Å²) < 4.78 is 0. The molecule has 1 aliphatic rings. The highest BCUT2D eigenvalue weighted by Gasteiger charge is 2.30. The SMILES string of the molecule is N/C(CCN(c1ncc2ccccc2n1)C1CC1)=N/O. The van der Waals surface area contributed by atoms with Crippen molar-refractivity contribution < 1.29 is 5.21 Å². The number of anilines is 1. The lowest BCUT2D eigenvalue weighted by atomic mass is 10.2. The molecular weight excluding hydrogens is 254 g/mol. The van der Waals surface area contributed by atoms with Gasteiger partial charge in [0.2, 0.25) is 5.95 Å². The number of rotatable bonds is 5. The van der Waals surface area contributed by atoms with E-state index >= 15 is 0 Å². The van der Waals surface area contributed by atoms with E-state index in [0.29, 0.717) is 19.0 Å². The van der Waals surface area contributed by atoms with Crippen LogP contribution < -0.4 is 10.6 Å². The Labute approximate surface area is 116 Å². The van der Waals surface area contributed by atoms with Crippen LogP contribution in [-0.2, 0) is 0 Å². The highest BCUT2D eigenvalue weighted by molar-refractivity contribution is 5.80. The van der Waals surface area contributed by atoms with Crippen LogP contribution in [0.2, 0.25) is 0 Å². The van der Waals surface area contributed by atoms with Crippen LogP contribution in [0.15, 0.2) is 35.6 Å². The van der Waals surface area contributed by atoms with Crippen molar-refractivity contribution >= 4 is 22.7 Å². The number of oxime groups is 1. The highest BCUT2D eigenvalue weighted by atomic mass is 16.4. The van der Waals surface area contributed by atoms with E-state index in [0.717, 1.165) is 29.7 Å². The summed E-state index contributed by atoms with van der Waals surface area (Å²) in [5.41, 5.74) is 6.48. The van der Waals surface area contributed by atoms with Gasteiger partial charge in [0.15, 0.2) is 0 Å². The largest absolute Gasteiger partial charge is 0.409 e. The second kappa shape index (κ2) is 5.32. The highest BCUT2D eigenvalue weighted by Crippen LogP contribution is 2.30. The summed E-state index contributed by atoms with van der Waals surface area (Å²) in [7, 11) is 0. The Morgan fingerprint density at radius 1 is 1.40 bits per heavy atom. The van der Waals surface area contributed by atoms with Crippen molar-refractivity contribution in [3.8, 4) is 0 Å². The molecule has 6 heteroatoms. The van der Waals surface area contributed by atoms with Crippen LogP contribution in [0, 0.1) is 0 Å². The fourth-order valence-electron chi connectivity index (χ4n) is 2.22. The van der Waals surface area contributed by atoms with Gasteiger partial charge in [-0.25, -0.2) is 9.97 Å². The van der Waals surface area contributed by atoms with E-state index in [2.05, 4.69) is 20.0 Å². The third kappa shape index (κ3) is 2.64. The summed E-state index contributed by atoms with van der Waals surface area (Å²) in [6.45, 7) is 0.666. The number of fused-ring (bicyclic) bond motifs is 1. The van der Waals surface area contributed by atoms with Crippen molar-refractivity contribution in [3.05, 3.63) is 30.5 Å². The van der Waals surface area contributed by atoms with Gasteiger partial charge < -0.3 is 15.8 Å². The van der Waals surface area contributed by atoms with E-state index in [1.807, 2.05) is 30.5 Å². The molecule has 0 unspecified atom stereocenters. The summed E-state index contributed by atoms with van der Waals surface area (Å²) in [6, 6.07) is 8.40. The Morgan fingerprint density at radius 3 is 2.95 bits per heavy atom. The first-order valence-electron chi connectivity index (χ1n) is 6.73. The number of amidine groups is 1. The molecule has 1 aromatic carbocycles. The normalized spacial score (nSPS) is 15.5. The van der Waals surface area contributed by atoms with Crippen LogP contribution in [0.3, 0.4) is 0 Å². The zero-order valence-corrected chi connectivity index (χ0v) is 11.1. The van der Waals surface area contributed by atoms with Gasteiger partial charge in [0.25, 0.3) is 0 Å². The third-order valence-corrected chi connectivity index (χ3v) is 3.46. The molecule has 6 nitrogen and oxygen atoms in total. The Balaban J connectivity index is 1.85. The third-order valence-electron chi connectivity index (χ3n) is 3.46. The monoisotopic (exact) mass is 271 g/mol. The van der Waals surface area contributed by atoms with E-state index < -0.39 is 0 Å². The molecule has 2 aromatic rings. The fourth-order valence-corrected chi connectivity index (χ4v) is 2.22. The molecule has 1 aromatic heterocycles. The molecule has 0 saturated heterocycles. The van der Waals surface area contributed by atoms with Crippen molar-refractivity contribution in [1.82, 2.24) is 9.97 Å². The number of aromatic nitrogens is 2. The molecule has 0 amide bonds. The van der Waals surface area contributed by atoms with Crippen LogP contribution >= 0.6 is 0 Å². The number of nitrogens with zero attached hydrogens (tertiary/aromatic N) is 4. The molecule has 0 atom stereocenters. The molecule has 1 saturated carbocycles. The summed E-state index contributed by atoms with van der Waals surface area (Å²) in [4.78, 5) is 11.2. The molecular formula is C14H17N5O. The Kier molecular flexibility index (Phi) is 3.37. The first kappa shape index (κ1) is 12.7. The van der Waals surface area contributed by atoms with Crippen LogP contribution in [0.1, 0.15) is 19.3 Å². The summed E-state index contributed by atoms with van der Waals surface area (Å²) >= 11 is 0. The molecule has 0 aliphatic heterocycles. The zero-order chi connectivity index (χ0) is 13.9. The second-order valence-corrected chi connectivity index (χ2v) is 4.99. The summed E-state index contributed by atoms with van der Waals surface area (Å²) in [6.07, 6.45) is 4.64. The van der Waals surface area contributed by atoms with E-state index in [4.69, 9.17) is 10.9 Å². The van der Waals surface area contributed by atoms with Crippen molar-refractivity contribution in [2.75, 3.05) is 11.4 Å². The topological polar surface area (TPSA) is 87.6 Å². The maximum absolute atomic E-state index is 8.63. The summed E-state index contributed by atoms with van der Waals surface area (Å²) in [5.74, 6) is 0.952. The lowest BCUT2D eigenvalue weighted by molar-refractivity contribution is 0.317. The molecule has 1 heterocycles. The van der Waals surface area contributed by atoms with Crippen LogP contribution in [0.4, 0.5) is 5.95 Å². The van der Waals surface area contributed by atoms with Crippen LogP contribution in [0.5, 0.6) is 0 Å². The molecule has 104 valence electrons. The van der Waals surface area contributed by atoms with Gasteiger partial charge in [0.1, 0.15) is 5.84 Å². The van der Waals surface area contributed by atoms with Gasteiger partial charge >= 0.3 is 0 Å². The fraction of sp³-hybridized carbons (Fsp3) is 0.357. The van der Waals surface area contributed by atoms with Gasteiger partial charge in [0.05, 0.1) is 5.52 Å². The predicted molar refractivity (Wildman–Crippen MR) is 77.9 cm³/mol. The molecule has 1 aliphatic carbocycles. The van der Waals surface area contributed by atoms with Gasteiger partial charge in [-0.2, -0.15) is 0 Å². The summed E-state index contributed by atoms with van der Waals surface area (Å²) in [5, 5.41) is 12.7. The lowest BCUT2D eigenvalue weighted by Gasteiger charge is -2.22. The number of nitrogens with two attached hydrogens (primary N) is 1. The molecule has 0 radical (unpaired) electrons. The number of hydrogen-bond donors (Lipinski definition) is 2. The van der Waals surface area contributed by atoms with E-state index in [9.17, 15) is 0 Å². The van der Waals surface area contributed by atoms with Crippen molar-refractivity contribution in [3.63, 3.8) is 0 Å². The van der Waals surface area contributed by atoms with E-state index in [1.54, 1.807) is 0 Å². The molecule has 1 fully saturated rings. The Morgan fingerprint density at radius 2 is 2.20 bits per heavy atom. The molecule has 3 rings (SSSR count). The minimum Gasteiger partial charge on any atom is -0.409 e. The molecule has 0 spiro atoms. The smallest absolute Gasteiger partial charge is 0.226 e. The first-order valence-corrected chi connectivity index (χ1v) is 6.73. The molecule has 20 heavy (non-hydrogen) atoms. The number of hydrogen-bond acceptors (Lipinski definition) is 5. The average Bonchev–Trinajstić information content (AvgIpc) is 3.32. The number of para-hydroxylation sites is 1. The zero-order valence-electron chi connectivity index (χ0n) is 11.1.